The third kappa shape index (κ3) is 2.78. The van der Waals surface area contributed by atoms with Gasteiger partial charge in [-0.05, 0) is 27.7 Å². The van der Waals surface area contributed by atoms with E-state index in [4.69, 9.17) is 28.8 Å². The Balaban J connectivity index is 1.89. The maximum absolute atomic E-state index is 10.6. The second-order valence-corrected chi connectivity index (χ2v) is 6.16. The first-order valence-corrected chi connectivity index (χ1v) is 6.78. The summed E-state index contributed by atoms with van der Waals surface area (Å²) in [6.45, 7) is 7.12. The van der Waals surface area contributed by atoms with Crippen LogP contribution in [-0.4, -0.2) is 53.4 Å². The lowest BCUT2D eigenvalue weighted by atomic mass is 9.99. The van der Waals surface area contributed by atoms with Gasteiger partial charge in [-0.25, -0.2) is 4.79 Å². The largest absolute Gasteiger partial charge is 0.472 e. The number of ether oxygens (including phenoxy) is 5. The second-order valence-electron chi connectivity index (χ2n) is 6.16. The molecule has 1 N–H and O–H groups in total. The molecule has 3 rings (SSSR count). The highest BCUT2D eigenvalue weighted by atomic mass is 16.9. The number of hydrogen-bond acceptors (Lipinski definition) is 6. The number of hydrogen-bond donors (Lipinski definition) is 1. The van der Waals surface area contributed by atoms with E-state index in [2.05, 4.69) is 11.8 Å². The Kier molecular flexibility index (Phi) is 3.28. The van der Waals surface area contributed by atoms with Crippen LogP contribution in [-0.2, 0) is 28.5 Å². The second kappa shape index (κ2) is 4.66. The van der Waals surface area contributed by atoms with Gasteiger partial charge in [0.05, 0.1) is 0 Å². The van der Waals surface area contributed by atoms with Crippen LogP contribution in [0.3, 0.4) is 0 Å². The lowest BCUT2D eigenvalue weighted by Crippen LogP contribution is -2.54. The zero-order chi connectivity index (χ0) is 15.4. The molecule has 0 aromatic carbocycles. The molecule has 0 aliphatic carbocycles. The molecule has 3 fully saturated rings. The molecule has 0 aromatic rings. The summed E-state index contributed by atoms with van der Waals surface area (Å²) < 4.78 is 28.9. The number of fused-ring (bicyclic) bond motifs is 3. The molecule has 116 valence electrons. The molecule has 7 nitrogen and oxygen atoms in total. The van der Waals surface area contributed by atoms with Crippen LogP contribution < -0.4 is 0 Å². The molecule has 7 heteroatoms. The minimum absolute atomic E-state index is 0.423. The summed E-state index contributed by atoms with van der Waals surface area (Å²) in [6, 6.07) is 0. The van der Waals surface area contributed by atoms with Crippen LogP contribution in [0.2, 0.25) is 0 Å². The normalized spacial score (nSPS) is 42.6. The van der Waals surface area contributed by atoms with E-state index in [1.54, 1.807) is 27.7 Å². The topological polar surface area (TPSA) is 83.5 Å². The van der Waals surface area contributed by atoms with Crippen molar-refractivity contribution in [2.24, 2.45) is 0 Å². The summed E-state index contributed by atoms with van der Waals surface area (Å²) in [7, 11) is 0. The van der Waals surface area contributed by atoms with E-state index in [1.807, 2.05) is 0 Å². The summed E-state index contributed by atoms with van der Waals surface area (Å²) in [6.07, 6.45) is -2.78. The fraction of sp³-hybridized carbons (Fsp3) is 0.786. The molecule has 3 saturated heterocycles. The Labute approximate surface area is 122 Å². The number of carboxylic acid groups (broad SMARTS) is 1. The fourth-order valence-corrected chi connectivity index (χ4v) is 2.86. The molecule has 0 aromatic heterocycles. The minimum atomic E-state index is -1.22. The molecule has 3 aliphatic rings. The first-order chi connectivity index (χ1) is 9.67. The van der Waals surface area contributed by atoms with Gasteiger partial charge in [-0.2, -0.15) is 0 Å². The van der Waals surface area contributed by atoms with Crippen molar-refractivity contribution in [1.29, 1.82) is 0 Å². The predicted octanol–water partition coefficient (Wildman–Crippen LogP) is 0.471. The van der Waals surface area contributed by atoms with Crippen molar-refractivity contribution < 1.29 is 33.6 Å². The third-order valence-corrected chi connectivity index (χ3v) is 3.48. The van der Waals surface area contributed by atoms with Crippen molar-refractivity contribution in [2.45, 2.75) is 70.0 Å². The molecule has 0 spiro atoms. The number of aliphatic carboxylic acids is 1. The minimum Gasteiger partial charge on any atom is -0.472 e. The van der Waals surface area contributed by atoms with Crippen molar-refractivity contribution >= 4 is 5.97 Å². The maximum atomic E-state index is 10.6. The highest BCUT2D eigenvalue weighted by molar-refractivity contribution is 5.86. The van der Waals surface area contributed by atoms with Crippen molar-refractivity contribution in [3.63, 3.8) is 0 Å². The van der Waals surface area contributed by atoms with Crippen LogP contribution in [0.4, 0.5) is 0 Å². The van der Waals surface area contributed by atoms with Crippen LogP contribution in [0.15, 0.2) is 0 Å². The van der Waals surface area contributed by atoms with Crippen molar-refractivity contribution in [3.8, 4) is 11.8 Å². The average Bonchev–Trinajstić information content (AvgIpc) is 2.80. The lowest BCUT2D eigenvalue weighted by Gasteiger charge is -2.34. The molecule has 5 atom stereocenters. The van der Waals surface area contributed by atoms with Gasteiger partial charge in [-0.1, -0.05) is 5.92 Å². The molecule has 0 saturated carbocycles. The summed E-state index contributed by atoms with van der Waals surface area (Å²) in [5.41, 5.74) is 0. The number of rotatable bonds is 0. The van der Waals surface area contributed by atoms with Crippen LogP contribution >= 0.6 is 0 Å². The van der Waals surface area contributed by atoms with E-state index >= 15 is 0 Å². The molecule has 3 heterocycles. The highest BCUT2D eigenvalue weighted by Crippen LogP contribution is 2.43. The first-order valence-electron chi connectivity index (χ1n) is 6.78. The Morgan fingerprint density at radius 3 is 2.19 bits per heavy atom. The predicted molar refractivity (Wildman–Crippen MR) is 67.9 cm³/mol. The van der Waals surface area contributed by atoms with E-state index in [0.29, 0.717) is 0 Å². The van der Waals surface area contributed by atoms with E-state index in [9.17, 15) is 4.79 Å². The van der Waals surface area contributed by atoms with E-state index in [1.165, 1.54) is 0 Å². The van der Waals surface area contributed by atoms with Gasteiger partial charge in [-0.15, -0.1) is 0 Å². The van der Waals surface area contributed by atoms with Crippen LogP contribution in [0, 0.1) is 11.8 Å². The summed E-state index contributed by atoms with van der Waals surface area (Å²) >= 11 is 0. The number of carbonyl (C=O) groups is 1. The molecule has 0 amide bonds. The van der Waals surface area contributed by atoms with E-state index < -0.39 is 48.2 Å². The van der Waals surface area contributed by atoms with Gasteiger partial charge in [0.15, 0.2) is 24.0 Å². The average molecular weight is 298 g/mol. The third-order valence-electron chi connectivity index (χ3n) is 3.48. The van der Waals surface area contributed by atoms with Gasteiger partial charge in [-0.3, -0.25) is 0 Å². The van der Waals surface area contributed by atoms with Crippen LogP contribution in [0.1, 0.15) is 27.7 Å². The van der Waals surface area contributed by atoms with Crippen LogP contribution in [0.5, 0.6) is 0 Å². The zero-order valence-corrected chi connectivity index (χ0v) is 12.3. The molecular formula is C14H18O7. The van der Waals surface area contributed by atoms with Crippen molar-refractivity contribution in [2.75, 3.05) is 0 Å². The summed E-state index contributed by atoms with van der Waals surface area (Å²) in [4.78, 5) is 10.6. The van der Waals surface area contributed by atoms with E-state index in [0.717, 1.165) is 0 Å². The molecule has 0 bridgehead atoms. The lowest BCUT2D eigenvalue weighted by molar-refractivity contribution is -0.220. The number of carboxylic acids is 1. The van der Waals surface area contributed by atoms with Gasteiger partial charge < -0.3 is 28.8 Å². The Morgan fingerprint density at radius 1 is 0.952 bits per heavy atom. The first kappa shape index (κ1) is 14.8. The van der Waals surface area contributed by atoms with Gasteiger partial charge in [0.1, 0.15) is 18.3 Å². The van der Waals surface area contributed by atoms with Gasteiger partial charge >= 0.3 is 5.97 Å². The standard InChI is InChI=1S/C14H18O7/c1-13(2)18-9-7(5-6-8(15)16)17-12-11(10(9)19-13)20-14(3,4)21-12/h7,9-12H,1-4H3,(H,15,16)/t7-,9+,10+,11-,12-/m1/s1. The molecule has 0 radical (unpaired) electrons. The fourth-order valence-electron chi connectivity index (χ4n) is 2.86. The maximum Gasteiger partial charge on any atom is 0.381 e. The van der Waals surface area contributed by atoms with Crippen LogP contribution in [0.25, 0.3) is 0 Å². The molecule has 21 heavy (non-hydrogen) atoms. The quantitative estimate of drug-likeness (QED) is 0.651. The summed E-state index contributed by atoms with van der Waals surface area (Å²) in [5, 5.41) is 8.70. The molecule has 0 unspecified atom stereocenters. The van der Waals surface area contributed by atoms with Gasteiger partial charge in [0, 0.05) is 5.92 Å². The smallest absolute Gasteiger partial charge is 0.381 e. The Hall–Kier alpha value is -1.17. The van der Waals surface area contributed by atoms with Gasteiger partial charge in [0.25, 0.3) is 0 Å². The van der Waals surface area contributed by atoms with E-state index in [-0.39, 0.29) is 0 Å². The van der Waals surface area contributed by atoms with Gasteiger partial charge in [0.2, 0.25) is 0 Å². The SMILES string of the molecule is CC1(C)O[C@H]2[C@@H](O1)[C@@H](C#CC(=O)O)O[C@@H]1OC(C)(C)O[C@@H]12. The van der Waals surface area contributed by atoms with Crippen molar-refractivity contribution in [1.82, 2.24) is 0 Å². The summed E-state index contributed by atoms with van der Waals surface area (Å²) in [5.74, 6) is 1.79. The zero-order valence-electron chi connectivity index (χ0n) is 12.3. The van der Waals surface area contributed by atoms with Crippen molar-refractivity contribution in [3.05, 3.63) is 0 Å². The molecule has 3 aliphatic heterocycles. The Bertz CT molecular complexity index is 515. The highest BCUT2D eigenvalue weighted by Gasteiger charge is 2.60. The molecular weight excluding hydrogens is 280 g/mol. The Morgan fingerprint density at radius 2 is 1.52 bits per heavy atom. The monoisotopic (exact) mass is 298 g/mol.